The van der Waals surface area contributed by atoms with Crippen LogP contribution in [0.25, 0.3) is 0 Å². The van der Waals surface area contributed by atoms with Crippen LogP contribution in [-0.4, -0.2) is 34.3 Å². The Balaban J connectivity index is 1.34. The van der Waals surface area contributed by atoms with Crippen molar-refractivity contribution in [2.24, 2.45) is 0 Å². The van der Waals surface area contributed by atoms with Crippen molar-refractivity contribution in [1.82, 2.24) is 20.1 Å². The quantitative estimate of drug-likeness (QED) is 0.786. The summed E-state index contributed by atoms with van der Waals surface area (Å²) in [6.07, 6.45) is 8.34. The molecule has 6 nitrogen and oxygen atoms in total. The van der Waals surface area contributed by atoms with Crippen molar-refractivity contribution in [1.29, 1.82) is 0 Å². The number of rotatable bonds is 7. The third-order valence-electron chi connectivity index (χ3n) is 5.03. The topological polar surface area (TPSA) is 69.0 Å². The first kappa shape index (κ1) is 16.1. The van der Waals surface area contributed by atoms with Crippen LogP contribution in [0.1, 0.15) is 58.9 Å². The molecular weight excluding hydrogens is 316 g/mol. The van der Waals surface area contributed by atoms with Gasteiger partial charge in [-0.1, -0.05) is 0 Å². The highest BCUT2D eigenvalue weighted by Crippen LogP contribution is 2.39. The highest BCUT2D eigenvalue weighted by atomic mass is 16.5. The molecular formula is C19H24N4O2. The van der Waals surface area contributed by atoms with Gasteiger partial charge in [-0.3, -0.25) is 9.48 Å². The van der Waals surface area contributed by atoms with Crippen LogP contribution >= 0.6 is 0 Å². The minimum atomic E-state index is -0.109. The van der Waals surface area contributed by atoms with Crippen molar-refractivity contribution >= 4 is 5.91 Å². The molecule has 1 amide bonds. The molecule has 1 saturated carbocycles. The van der Waals surface area contributed by atoms with Gasteiger partial charge in [0.05, 0.1) is 7.11 Å². The van der Waals surface area contributed by atoms with Gasteiger partial charge in [-0.05, 0) is 56.2 Å². The average molecular weight is 340 g/mol. The van der Waals surface area contributed by atoms with E-state index < -0.39 is 0 Å². The highest BCUT2D eigenvalue weighted by molar-refractivity contribution is 5.96. The maximum atomic E-state index is 12.5. The first-order valence-electron chi connectivity index (χ1n) is 9.13. The smallest absolute Gasteiger partial charge is 0.256 e. The lowest BCUT2D eigenvalue weighted by Gasteiger charge is -2.11. The van der Waals surface area contributed by atoms with Gasteiger partial charge in [0.2, 0.25) is 5.88 Å². The van der Waals surface area contributed by atoms with Gasteiger partial charge in [0.1, 0.15) is 5.56 Å². The number of fused-ring (bicyclic) bond motifs is 1. The number of carbonyl (C=O) groups is 1. The summed E-state index contributed by atoms with van der Waals surface area (Å²) < 4.78 is 7.39. The lowest BCUT2D eigenvalue weighted by molar-refractivity contribution is 0.0948. The van der Waals surface area contributed by atoms with E-state index in [9.17, 15) is 4.79 Å². The maximum absolute atomic E-state index is 12.5. The standard InChI is InChI=1S/C19H24N4O2/c1-25-19-15(12-14-4-2-5-16(14)22-19)18(24)20-9-3-11-23-17(8-10-21-23)13-6-7-13/h8,10,12-13H,2-7,9,11H2,1H3,(H,20,24). The molecule has 6 heteroatoms. The molecule has 25 heavy (non-hydrogen) atoms. The number of nitrogens with zero attached hydrogens (tertiary/aromatic N) is 3. The van der Waals surface area contributed by atoms with E-state index in [0.29, 0.717) is 23.9 Å². The Labute approximate surface area is 147 Å². The van der Waals surface area contributed by atoms with Crippen molar-refractivity contribution in [3.05, 3.63) is 40.8 Å². The van der Waals surface area contributed by atoms with Crippen molar-refractivity contribution in [2.75, 3.05) is 13.7 Å². The summed E-state index contributed by atoms with van der Waals surface area (Å²) in [6, 6.07) is 4.06. The molecule has 2 aromatic heterocycles. The summed E-state index contributed by atoms with van der Waals surface area (Å²) >= 11 is 0. The Morgan fingerprint density at radius 3 is 3.08 bits per heavy atom. The SMILES string of the molecule is COc1nc2c(cc1C(=O)NCCCn1nccc1C1CC1)CCC2. The molecule has 132 valence electrons. The third-order valence-corrected chi connectivity index (χ3v) is 5.03. The van der Waals surface area contributed by atoms with E-state index in [1.54, 1.807) is 7.11 Å². The third kappa shape index (κ3) is 3.38. The summed E-state index contributed by atoms with van der Waals surface area (Å²) in [6.45, 7) is 1.45. The summed E-state index contributed by atoms with van der Waals surface area (Å²) in [5.41, 5.74) is 4.12. The van der Waals surface area contributed by atoms with Gasteiger partial charge in [0.25, 0.3) is 5.91 Å². The lowest BCUT2D eigenvalue weighted by Crippen LogP contribution is -2.26. The van der Waals surface area contributed by atoms with E-state index in [2.05, 4.69) is 26.1 Å². The monoisotopic (exact) mass is 340 g/mol. The normalized spacial score (nSPS) is 15.9. The zero-order chi connectivity index (χ0) is 17.2. The summed E-state index contributed by atoms with van der Waals surface area (Å²) in [5.74, 6) is 1.02. The van der Waals surface area contributed by atoms with Gasteiger partial charge in [0.15, 0.2) is 0 Å². The largest absolute Gasteiger partial charge is 0.480 e. The van der Waals surface area contributed by atoms with Gasteiger partial charge in [-0.15, -0.1) is 0 Å². The first-order valence-corrected chi connectivity index (χ1v) is 9.13. The van der Waals surface area contributed by atoms with Crippen molar-refractivity contribution in [3.63, 3.8) is 0 Å². The van der Waals surface area contributed by atoms with E-state index in [1.165, 1.54) is 24.1 Å². The van der Waals surface area contributed by atoms with Crippen molar-refractivity contribution in [3.8, 4) is 5.88 Å². The van der Waals surface area contributed by atoms with Crippen LogP contribution in [0, 0.1) is 0 Å². The molecule has 2 aliphatic rings. The Morgan fingerprint density at radius 1 is 1.40 bits per heavy atom. The minimum absolute atomic E-state index is 0.109. The van der Waals surface area contributed by atoms with E-state index in [1.807, 2.05) is 12.3 Å². The number of carbonyl (C=O) groups excluding carboxylic acids is 1. The summed E-state index contributed by atoms with van der Waals surface area (Å²) in [5, 5.41) is 7.38. The van der Waals surface area contributed by atoms with E-state index in [4.69, 9.17) is 4.74 Å². The number of hydrogen-bond donors (Lipinski definition) is 1. The number of nitrogens with one attached hydrogen (secondary N) is 1. The molecule has 2 aliphatic carbocycles. The number of amides is 1. The molecule has 0 radical (unpaired) electrons. The fourth-order valence-electron chi connectivity index (χ4n) is 3.55. The predicted octanol–water partition coefficient (Wildman–Crippen LogP) is 2.47. The van der Waals surface area contributed by atoms with Crippen LogP contribution in [0.5, 0.6) is 5.88 Å². The average Bonchev–Trinajstić information content (AvgIpc) is 3.18. The number of hydrogen-bond acceptors (Lipinski definition) is 4. The van der Waals surface area contributed by atoms with Crippen molar-refractivity contribution in [2.45, 2.75) is 51.0 Å². The van der Waals surface area contributed by atoms with E-state index in [-0.39, 0.29) is 5.91 Å². The zero-order valence-corrected chi connectivity index (χ0v) is 14.6. The first-order chi connectivity index (χ1) is 12.3. The molecule has 1 fully saturated rings. The number of aromatic nitrogens is 3. The number of methoxy groups -OCH3 is 1. The van der Waals surface area contributed by atoms with Gasteiger partial charge in [-0.25, -0.2) is 4.98 Å². The molecule has 0 aromatic carbocycles. The molecule has 1 N–H and O–H groups in total. The molecule has 0 aliphatic heterocycles. The van der Waals surface area contributed by atoms with Crippen LogP contribution in [0.2, 0.25) is 0 Å². The van der Waals surface area contributed by atoms with Crippen LogP contribution in [0.3, 0.4) is 0 Å². The molecule has 2 heterocycles. The Kier molecular flexibility index (Phi) is 4.42. The summed E-state index contributed by atoms with van der Waals surface area (Å²) in [7, 11) is 1.57. The number of aryl methyl sites for hydroxylation is 3. The second-order valence-corrected chi connectivity index (χ2v) is 6.87. The fraction of sp³-hybridized carbons (Fsp3) is 0.526. The van der Waals surface area contributed by atoms with E-state index >= 15 is 0 Å². The minimum Gasteiger partial charge on any atom is -0.480 e. The van der Waals surface area contributed by atoms with Gasteiger partial charge in [0, 0.05) is 36.6 Å². The maximum Gasteiger partial charge on any atom is 0.256 e. The van der Waals surface area contributed by atoms with E-state index in [0.717, 1.165) is 37.9 Å². The Hall–Kier alpha value is -2.37. The molecule has 0 bridgehead atoms. The van der Waals surface area contributed by atoms with Gasteiger partial charge >= 0.3 is 0 Å². The second kappa shape index (κ2) is 6.86. The second-order valence-electron chi connectivity index (χ2n) is 6.87. The van der Waals surface area contributed by atoms with Crippen LogP contribution < -0.4 is 10.1 Å². The fourth-order valence-corrected chi connectivity index (χ4v) is 3.55. The summed E-state index contributed by atoms with van der Waals surface area (Å²) in [4.78, 5) is 17.0. The van der Waals surface area contributed by atoms with Gasteiger partial charge in [-0.2, -0.15) is 5.10 Å². The highest BCUT2D eigenvalue weighted by Gasteiger charge is 2.26. The molecule has 0 atom stereocenters. The van der Waals surface area contributed by atoms with Crippen LogP contribution in [0.4, 0.5) is 0 Å². The predicted molar refractivity (Wildman–Crippen MR) is 94.0 cm³/mol. The number of ether oxygens (including phenoxy) is 1. The molecule has 0 saturated heterocycles. The molecule has 4 rings (SSSR count). The Bertz CT molecular complexity index is 780. The van der Waals surface area contributed by atoms with Crippen molar-refractivity contribution < 1.29 is 9.53 Å². The van der Waals surface area contributed by atoms with Crippen LogP contribution in [0.15, 0.2) is 18.3 Å². The molecule has 0 spiro atoms. The zero-order valence-electron chi connectivity index (χ0n) is 14.6. The lowest BCUT2D eigenvalue weighted by atomic mass is 10.1. The Morgan fingerprint density at radius 2 is 2.28 bits per heavy atom. The molecule has 0 unspecified atom stereocenters. The molecule has 2 aromatic rings. The number of pyridine rings is 1. The van der Waals surface area contributed by atoms with Gasteiger partial charge < -0.3 is 10.1 Å². The van der Waals surface area contributed by atoms with Crippen LogP contribution in [-0.2, 0) is 19.4 Å².